The number of benzene rings is 2. The molecule has 1 N–H and O–H groups in total. The first-order valence-electron chi connectivity index (χ1n) is 6.51. The molecule has 0 radical (unpaired) electrons. The molecule has 0 aliphatic carbocycles. The number of hydrogen-bond acceptors (Lipinski definition) is 4. The van der Waals surface area contributed by atoms with E-state index in [-0.39, 0.29) is 5.91 Å². The molecular weight excluding hydrogens is 270 g/mol. The number of methoxy groups -OCH3 is 2. The van der Waals surface area contributed by atoms with Gasteiger partial charge in [0.25, 0.3) is 5.91 Å². The van der Waals surface area contributed by atoms with Gasteiger partial charge < -0.3 is 19.5 Å². The number of carbonyl (C=O) groups is 1. The largest absolute Gasteiger partial charge is 0.497 e. The normalized spacial score (nSPS) is 16.5. The molecular formula is C16H15NO4. The first-order valence-corrected chi connectivity index (χ1v) is 6.51. The van der Waals surface area contributed by atoms with Crippen molar-refractivity contribution in [1.82, 2.24) is 5.32 Å². The van der Waals surface area contributed by atoms with E-state index in [0.717, 1.165) is 5.56 Å². The Labute approximate surface area is 122 Å². The van der Waals surface area contributed by atoms with E-state index in [9.17, 15) is 4.79 Å². The van der Waals surface area contributed by atoms with Crippen LogP contribution in [0, 0.1) is 0 Å². The monoisotopic (exact) mass is 285 g/mol. The zero-order valence-electron chi connectivity index (χ0n) is 11.8. The molecule has 2 aromatic carbocycles. The van der Waals surface area contributed by atoms with Crippen molar-refractivity contribution in [2.75, 3.05) is 14.2 Å². The quantitative estimate of drug-likeness (QED) is 0.941. The first kappa shape index (κ1) is 13.3. The summed E-state index contributed by atoms with van der Waals surface area (Å²) in [5, 5.41) is 2.82. The molecule has 21 heavy (non-hydrogen) atoms. The van der Waals surface area contributed by atoms with Gasteiger partial charge in [0.15, 0.2) is 0 Å². The molecule has 5 nitrogen and oxygen atoms in total. The van der Waals surface area contributed by atoms with Crippen molar-refractivity contribution in [1.29, 1.82) is 0 Å². The summed E-state index contributed by atoms with van der Waals surface area (Å²) in [7, 11) is 3.15. The Morgan fingerprint density at radius 1 is 1.10 bits per heavy atom. The van der Waals surface area contributed by atoms with Crippen LogP contribution in [-0.2, 0) is 0 Å². The zero-order valence-corrected chi connectivity index (χ0v) is 11.8. The highest BCUT2D eigenvalue weighted by Crippen LogP contribution is 2.34. The SMILES string of the molecule is COc1ccc(C2NC(=O)c3ccccc3O2)c(OC)c1. The zero-order chi connectivity index (χ0) is 14.8. The third-order valence-electron chi connectivity index (χ3n) is 3.36. The molecule has 1 aliphatic heterocycles. The number of amides is 1. The van der Waals surface area contributed by atoms with Gasteiger partial charge in [-0.15, -0.1) is 0 Å². The summed E-state index contributed by atoms with van der Waals surface area (Å²) in [5.74, 6) is 1.67. The molecule has 0 saturated carbocycles. The van der Waals surface area contributed by atoms with Gasteiger partial charge in [0.1, 0.15) is 17.2 Å². The molecule has 108 valence electrons. The standard InChI is InChI=1S/C16H15NO4/c1-19-10-7-8-12(14(9-10)20-2)16-17-15(18)11-5-3-4-6-13(11)21-16/h3-9,16H,1-2H3,(H,17,18). The van der Waals surface area contributed by atoms with Crippen LogP contribution in [0.4, 0.5) is 0 Å². The van der Waals surface area contributed by atoms with Gasteiger partial charge >= 0.3 is 0 Å². The Balaban J connectivity index is 1.98. The summed E-state index contributed by atoms with van der Waals surface area (Å²) in [5.41, 5.74) is 1.27. The van der Waals surface area contributed by atoms with Gasteiger partial charge in [-0.2, -0.15) is 0 Å². The maximum Gasteiger partial charge on any atom is 0.258 e. The van der Waals surface area contributed by atoms with Crippen molar-refractivity contribution in [2.24, 2.45) is 0 Å². The molecule has 3 rings (SSSR count). The van der Waals surface area contributed by atoms with Crippen molar-refractivity contribution in [3.63, 3.8) is 0 Å². The van der Waals surface area contributed by atoms with Crippen molar-refractivity contribution in [3.05, 3.63) is 53.6 Å². The third kappa shape index (κ3) is 2.38. The van der Waals surface area contributed by atoms with E-state index >= 15 is 0 Å². The molecule has 0 aromatic heterocycles. The molecule has 2 aromatic rings. The number of para-hydroxylation sites is 1. The van der Waals surface area contributed by atoms with Gasteiger partial charge in [0.2, 0.25) is 6.23 Å². The van der Waals surface area contributed by atoms with E-state index in [1.54, 1.807) is 44.6 Å². The Morgan fingerprint density at radius 3 is 2.67 bits per heavy atom. The van der Waals surface area contributed by atoms with E-state index in [4.69, 9.17) is 14.2 Å². The lowest BCUT2D eigenvalue weighted by molar-refractivity contribution is 0.0751. The van der Waals surface area contributed by atoms with E-state index in [1.807, 2.05) is 12.1 Å². The molecule has 1 unspecified atom stereocenters. The van der Waals surface area contributed by atoms with Crippen LogP contribution < -0.4 is 19.5 Å². The number of nitrogens with one attached hydrogen (secondary N) is 1. The fraction of sp³-hybridized carbons (Fsp3) is 0.188. The van der Waals surface area contributed by atoms with Crippen molar-refractivity contribution in [3.8, 4) is 17.2 Å². The number of ether oxygens (including phenoxy) is 3. The predicted octanol–water partition coefficient (Wildman–Crippen LogP) is 2.52. The smallest absolute Gasteiger partial charge is 0.258 e. The minimum absolute atomic E-state index is 0.167. The summed E-state index contributed by atoms with van der Waals surface area (Å²) in [6.07, 6.45) is -0.590. The summed E-state index contributed by atoms with van der Waals surface area (Å²) in [6, 6.07) is 12.5. The van der Waals surface area contributed by atoms with Gasteiger partial charge in [-0.05, 0) is 24.3 Å². The van der Waals surface area contributed by atoms with Crippen LogP contribution in [0.25, 0.3) is 0 Å². The molecule has 0 saturated heterocycles. The van der Waals surface area contributed by atoms with Crippen LogP contribution in [0.1, 0.15) is 22.1 Å². The minimum Gasteiger partial charge on any atom is -0.497 e. The summed E-state index contributed by atoms with van der Waals surface area (Å²) in [4.78, 5) is 12.1. The lowest BCUT2D eigenvalue weighted by Crippen LogP contribution is -2.36. The minimum atomic E-state index is -0.590. The van der Waals surface area contributed by atoms with E-state index in [2.05, 4.69) is 5.32 Å². The summed E-state index contributed by atoms with van der Waals surface area (Å²) < 4.78 is 16.4. The molecule has 1 amide bonds. The number of rotatable bonds is 3. The summed E-state index contributed by atoms with van der Waals surface area (Å²) in [6.45, 7) is 0. The molecule has 1 aliphatic rings. The van der Waals surface area contributed by atoms with E-state index in [1.165, 1.54) is 0 Å². The van der Waals surface area contributed by atoms with Gasteiger partial charge in [0.05, 0.1) is 25.3 Å². The second kappa shape index (κ2) is 5.36. The van der Waals surface area contributed by atoms with Crippen molar-refractivity contribution in [2.45, 2.75) is 6.23 Å². The lowest BCUT2D eigenvalue weighted by Gasteiger charge is -2.28. The molecule has 1 heterocycles. The van der Waals surface area contributed by atoms with Gasteiger partial charge in [0, 0.05) is 6.07 Å². The van der Waals surface area contributed by atoms with Crippen LogP contribution in [0.15, 0.2) is 42.5 Å². The topological polar surface area (TPSA) is 56.8 Å². The average molecular weight is 285 g/mol. The van der Waals surface area contributed by atoms with Crippen LogP contribution >= 0.6 is 0 Å². The molecule has 5 heteroatoms. The van der Waals surface area contributed by atoms with Crippen LogP contribution in [0.5, 0.6) is 17.2 Å². The van der Waals surface area contributed by atoms with Gasteiger partial charge in [-0.25, -0.2) is 0 Å². The highest BCUT2D eigenvalue weighted by atomic mass is 16.5. The highest BCUT2D eigenvalue weighted by Gasteiger charge is 2.28. The Bertz CT molecular complexity index is 684. The fourth-order valence-electron chi connectivity index (χ4n) is 2.29. The number of hydrogen-bond donors (Lipinski definition) is 1. The Kier molecular flexibility index (Phi) is 3.39. The number of fused-ring (bicyclic) bond motifs is 1. The average Bonchev–Trinajstić information content (AvgIpc) is 2.54. The van der Waals surface area contributed by atoms with Crippen LogP contribution in [0.2, 0.25) is 0 Å². The van der Waals surface area contributed by atoms with Crippen LogP contribution in [-0.4, -0.2) is 20.1 Å². The van der Waals surface area contributed by atoms with Crippen molar-refractivity contribution < 1.29 is 19.0 Å². The lowest BCUT2D eigenvalue weighted by atomic mass is 10.1. The Morgan fingerprint density at radius 2 is 1.90 bits per heavy atom. The predicted molar refractivity (Wildman–Crippen MR) is 76.8 cm³/mol. The summed E-state index contributed by atoms with van der Waals surface area (Å²) >= 11 is 0. The first-order chi connectivity index (χ1) is 10.2. The van der Waals surface area contributed by atoms with Crippen molar-refractivity contribution >= 4 is 5.91 Å². The second-order valence-corrected chi connectivity index (χ2v) is 4.58. The van der Waals surface area contributed by atoms with E-state index in [0.29, 0.717) is 22.8 Å². The number of carbonyl (C=O) groups excluding carboxylic acids is 1. The van der Waals surface area contributed by atoms with E-state index < -0.39 is 6.23 Å². The van der Waals surface area contributed by atoms with Gasteiger partial charge in [-0.3, -0.25) is 4.79 Å². The molecule has 1 atom stereocenters. The maximum absolute atomic E-state index is 12.1. The Hall–Kier alpha value is -2.69. The van der Waals surface area contributed by atoms with Gasteiger partial charge in [-0.1, -0.05) is 12.1 Å². The third-order valence-corrected chi connectivity index (χ3v) is 3.36. The fourth-order valence-corrected chi connectivity index (χ4v) is 2.29. The highest BCUT2D eigenvalue weighted by molar-refractivity contribution is 5.98. The molecule has 0 spiro atoms. The van der Waals surface area contributed by atoms with Crippen LogP contribution in [0.3, 0.4) is 0 Å². The maximum atomic E-state index is 12.1. The molecule has 0 fully saturated rings. The molecule has 0 bridgehead atoms. The second-order valence-electron chi connectivity index (χ2n) is 4.58.